The van der Waals surface area contributed by atoms with Gasteiger partial charge in [-0.15, -0.1) is 11.3 Å². The van der Waals surface area contributed by atoms with E-state index in [1.807, 2.05) is 6.07 Å². The van der Waals surface area contributed by atoms with E-state index in [1.54, 1.807) is 11.3 Å². The fourth-order valence-corrected chi connectivity index (χ4v) is 4.81. The molecular formula is C18H26N2O2S. The van der Waals surface area contributed by atoms with Crippen LogP contribution in [0.5, 0.6) is 0 Å². The van der Waals surface area contributed by atoms with Crippen LogP contribution >= 0.6 is 11.3 Å². The van der Waals surface area contributed by atoms with E-state index in [2.05, 4.69) is 17.8 Å². The maximum Gasteiger partial charge on any atom is 0.279 e. The molecule has 1 fully saturated rings. The Balaban J connectivity index is 1.44. The zero-order chi connectivity index (χ0) is 16.2. The number of carbonyl (C=O) groups excluding carboxylic acids is 2. The Morgan fingerprint density at radius 3 is 2.78 bits per heavy atom. The van der Waals surface area contributed by atoms with E-state index in [0.29, 0.717) is 23.1 Å². The predicted octanol–water partition coefficient (Wildman–Crippen LogP) is 3.60. The van der Waals surface area contributed by atoms with Crippen molar-refractivity contribution in [3.63, 3.8) is 0 Å². The fraction of sp³-hybridized carbons (Fsp3) is 0.667. The van der Waals surface area contributed by atoms with E-state index in [1.165, 1.54) is 42.5 Å². The predicted molar refractivity (Wildman–Crippen MR) is 92.3 cm³/mol. The molecule has 0 radical (unpaired) electrons. The molecule has 5 heteroatoms. The van der Waals surface area contributed by atoms with Crippen molar-refractivity contribution >= 4 is 23.2 Å². The van der Waals surface area contributed by atoms with Gasteiger partial charge in [-0.3, -0.25) is 20.4 Å². The van der Waals surface area contributed by atoms with E-state index >= 15 is 0 Å². The number of hydrogen-bond acceptors (Lipinski definition) is 3. The molecular weight excluding hydrogens is 308 g/mol. The van der Waals surface area contributed by atoms with Gasteiger partial charge in [-0.05, 0) is 49.1 Å². The van der Waals surface area contributed by atoms with Crippen molar-refractivity contribution in [2.45, 2.75) is 64.7 Å². The van der Waals surface area contributed by atoms with Crippen LogP contribution in [-0.4, -0.2) is 11.8 Å². The van der Waals surface area contributed by atoms with Gasteiger partial charge in [-0.2, -0.15) is 0 Å². The Morgan fingerprint density at radius 1 is 1.22 bits per heavy atom. The highest BCUT2D eigenvalue weighted by atomic mass is 32.1. The van der Waals surface area contributed by atoms with Gasteiger partial charge >= 0.3 is 0 Å². The van der Waals surface area contributed by atoms with Gasteiger partial charge < -0.3 is 0 Å². The maximum atomic E-state index is 12.2. The van der Waals surface area contributed by atoms with Crippen LogP contribution < -0.4 is 10.9 Å². The molecule has 0 aromatic carbocycles. The molecule has 2 aliphatic rings. The van der Waals surface area contributed by atoms with Crippen LogP contribution in [0.4, 0.5) is 0 Å². The number of nitrogens with one attached hydrogen (secondary N) is 2. The Hall–Kier alpha value is -1.36. The molecule has 1 atom stereocenters. The van der Waals surface area contributed by atoms with Gasteiger partial charge in [0, 0.05) is 11.3 Å². The summed E-state index contributed by atoms with van der Waals surface area (Å²) in [5.41, 5.74) is 6.44. The largest absolute Gasteiger partial charge is 0.279 e. The number of aryl methyl sites for hydroxylation is 1. The second-order valence-corrected chi connectivity index (χ2v) is 8.24. The van der Waals surface area contributed by atoms with E-state index in [4.69, 9.17) is 0 Å². The van der Waals surface area contributed by atoms with Gasteiger partial charge in [0.05, 0.1) is 4.88 Å². The lowest BCUT2D eigenvalue weighted by molar-refractivity contribution is -0.122. The monoisotopic (exact) mass is 334 g/mol. The summed E-state index contributed by atoms with van der Waals surface area (Å²) in [6.07, 6.45) is 9.87. The Bertz CT molecular complexity index is 576. The van der Waals surface area contributed by atoms with Gasteiger partial charge in [0.1, 0.15) is 0 Å². The SMILES string of the molecule is C[C@H]1CCc2sc(C(=O)NNC(=O)CCC3CCCC3)cc2C1. The van der Waals surface area contributed by atoms with Crippen molar-refractivity contribution in [1.82, 2.24) is 10.9 Å². The molecule has 0 aliphatic heterocycles. The molecule has 1 heterocycles. The molecule has 0 bridgehead atoms. The lowest BCUT2D eigenvalue weighted by atomic mass is 9.90. The third-order valence-electron chi connectivity index (χ3n) is 5.12. The molecule has 0 unspecified atom stereocenters. The van der Waals surface area contributed by atoms with Gasteiger partial charge in [0.25, 0.3) is 5.91 Å². The molecule has 0 saturated heterocycles. The Labute approximate surface area is 142 Å². The molecule has 2 N–H and O–H groups in total. The highest BCUT2D eigenvalue weighted by molar-refractivity contribution is 7.14. The van der Waals surface area contributed by atoms with E-state index in [9.17, 15) is 9.59 Å². The average molecular weight is 334 g/mol. The summed E-state index contributed by atoms with van der Waals surface area (Å²) in [5.74, 6) is 1.12. The molecule has 3 rings (SSSR count). The Morgan fingerprint density at radius 2 is 2.00 bits per heavy atom. The lowest BCUT2D eigenvalue weighted by Crippen LogP contribution is -2.41. The van der Waals surface area contributed by atoms with Crippen LogP contribution in [0.25, 0.3) is 0 Å². The van der Waals surface area contributed by atoms with Crippen molar-refractivity contribution in [2.75, 3.05) is 0 Å². The van der Waals surface area contributed by atoms with Crippen LogP contribution in [0, 0.1) is 11.8 Å². The molecule has 0 spiro atoms. The quantitative estimate of drug-likeness (QED) is 0.827. The van der Waals surface area contributed by atoms with Crippen LogP contribution in [0.3, 0.4) is 0 Å². The molecule has 23 heavy (non-hydrogen) atoms. The summed E-state index contributed by atoms with van der Waals surface area (Å²) in [6.45, 7) is 2.25. The fourth-order valence-electron chi connectivity index (χ4n) is 3.70. The number of thiophene rings is 1. The molecule has 1 saturated carbocycles. The number of amides is 2. The first kappa shape index (κ1) is 16.5. The highest BCUT2D eigenvalue weighted by Gasteiger charge is 2.21. The first-order valence-corrected chi connectivity index (χ1v) is 9.64. The van der Waals surface area contributed by atoms with Crippen LogP contribution in [-0.2, 0) is 17.6 Å². The average Bonchev–Trinajstić information content (AvgIpc) is 3.19. The summed E-state index contributed by atoms with van der Waals surface area (Å²) < 4.78 is 0. The van der Waals surface area contributed by atoms with Crippen LogP contribution in [0.1, 0.15) is 72.0 Å². The highest BCUT2D eigenvalue weighted by Crippen LogP contribution is 2.32. The Kier molecular flexibility index (Phi) is 5.36. The van der Waals surface area contributed by atoms with Gasteiger partial charge in [0.15, 0.2) is 0 Å². The smallest absolute Gasteiger partial charge is 0.273 e. The molecule has 1 aromatic rings. The number of hydrogen-bond donors (Lipinski definition) is 2. The van der Waals surface area contributed by atoms with Crippen molar-refractivity contribution in [1.29, 1.82) is 0 Å². The minimum absolute atomic E-state index is 0.0832. The summed E-state index contributed by atoms with van der Waals surface area (Å²) in [6, 6.07) is 2.00. The first-order chi connectivity index (χ1) is 11.1. The van der Waals surface area contributed by atoms with Crippen molar-refractivity contribution in [2.24, 2.45) is 11.8 Å². The summed E-state index contributed by atoms with van der Waals surface area (Å²) >= 11 is 1.57. The van der Waals surface area contributed by atoms with Crippen LogP contribution in [0.2, 0.25) is 0 Å². The minimum Gasteiger partial charge on any atom is -0.273 e. The third kappa shape index (κ3) is 4.34. The normalized spacial score (nSPS) is 21.0. The topological polar surface area (TPSA) is 58.2 Å². The van der Waals surface area contributed by atoms with E-state index in [-0.39, 0.29) is 11.8 Å². The zero-order valence-corrected chi connectivity index (χ0v) is 14.6. The minimum atomic E-state index is -0.189. The third-order valence-corrected chi connectivity index (χ3v) is 6.36. The number of hydrazine groups is 1. The number of rotatable bonds is 4. The number of carbonyl (C=O) groups is 2. The maximum absolute atomic E-state index is 12.2. The molecule has 4 nitrogen and oxygen atoms in total. The van der Waals surface area contributed by atoms with Gasteiger partial charge in [0.2, 0.25) is 5.91 Å². The molecule has 126 valence electrons. The molecule has 2 aliphatic carbocycles. The van der Waals surface area contributed by atoms with Crippen LogP contribution in [0.15, 0.2) is 6.07 Å². The first-order valence-electron chi connectivity index (χ1n) is 8.82. The number of fused-ring (bicyclic) bond motifs is 1. The van der Waals surface area contributed by atoms with E-state index < -0.39 is 0 Å². The summed E-state index contributed by atoms with van der Waals surface area (Å²) in [4.78, 5) is 26.1. The van der Waals surface area contributed by atoms with Crippen molar-refractivity contribution in [3.8, 4) is 0 Å². The second-order valence-electron chi connectivity index (χ2n) is 7.10. The summed E-state index contributed by atoms with van der Waals surface area (Å²) in [7, 11) is 0. The molecule has 1 aromatic heterocycles. The van der Waals surface area contributed by atoms with Gasteiger partial charge in [-0.1, -0.05) is 32.6 Å². The molecule has 2 amide bonds. The van der Waals surface area contributed by atoms with Crippen molar-refractivity contribution in [3.05, 3.63) is 21.4 Å². The van der Waals surface area contributed by atoms with Crippen molar-refractivity contribution < 1.29 is 9.59 Å². The lowest BCUT2D eigenvalue weighted by Gasteiger charge is -2.16. The zero-order valence-electron chi connectivity index (χ0n) is 13.8. The van der Waals surface area contributed by atoms with E-state index in [0.717, 1.165) is 19.3 Å². The van der Waals surface area contributed by atoms with Gasteiger partial charge in [-0.25, -0.2) is 0 Å². The second kappa shape index (κ2) is 7.47. The summed E-state index contributed by atoms with van der Waals surface area (Å²) in [5, 5.41) is 0. The standard InChI is InChI=1S/C18H26N2O2S/c1-12-6-8-15-14(10-12)11-16(23-15)18(22)20-19-17(21)9-7-13-4-2-3-5-13/h11-13H,2-10H2,1H3,(H,19,21)(H,20,22)/t12-/m0/s1.